The number of hydrogen-bond donors (Lipinski definition) is 2. The second-order valence-corrected chi connectivity index (χ2v) is 7.79. The summed E-state index contributed by atoms with van der Waals surface area (Å²) in [5, 5.41) is 6.58. The molecule has 0 saturated heterocycles. The maximum absolute atomic E-state index is 12.5. The maximum Gasteiger partial charge on any atom is 0.338 e. The largest absolute Gasteiger partial charge is 0.493 e. The fourth-order valence-electron chi connectivity index (χ4n) is 2.72. The lowest BCUT2D eigenvalue weighted by Gasteiger charge is -2.30. The van der Waals surface area contributed by atoms with Crippen LogP contribution in [0.1, 0.15) is 39.3 Å². The number of carbonyl (C=O) groups is 1. The molecule has 1 aromatic rings. The first-order valence-corrected chi connectivity index (χ1v) is 9.94. The Kier molecular flexibility index (Phi) is 7.49. The number of hydrogen-bond acceptors (Lipinski definition) is 5. The number of allylic oxidation sites excluding steroid dienone is 1. The number of halogens is 1. The maximum atomic E-state index is 12.5. The van der Waals surface area contributed by atoms with Crippen molar-refractivity contribution in [2.45, 2.75) is 33.7 Å². The van der Waals surface area contributed by atoms with Crippen LogP contribution in [0.3, 0.4) is 0 Å². The van der Waals surface area contributed by atoms with E-state index in [4.69, 9.17) is 26.4 Å². The standard InChI is InChI=1S/C19H25BrN2O4S/c1-6-25-18(23)15-11(4)21-19(27)22-16(15)12-7-13(20)17(14(8-12)24-5)26-9-10(2)3/h7-8,10,16H,6,9H2,1-5H3,(H2,21,22,27). The molecule has 0 fully saturated rings. The number of carbonyl (C=O) groups excluding carboxylic acids is 1. The van der Waals surface area contributed by atoms with E-state index in [-0.39, 0.29) is 0 Å². The summed E-state index contributed by atoms with van der Waals surface area (Å²) in [4.78, 5) is 12.5. The summed E-state index contributed by atoms with van der Waals surface area (Å²) in [7, 11) is 1.58. The lowest BCUT2D eigenvalue weighted by Crippen LogP contribution is -2.45. The molecule has 0 aliphatic carbocycles. The van der Waals surface area contributed by atoms with Crippen LogP contribution in [0.4, 0.5) is 0 Å². The average molecular weight is 457 g/mol. The summed E-state index contributed by atoms with van der Waals surface area (Å²) in [6.45, 7) is 8.59. The molecule has 0 saturated carbocycles. The summed E-state index contributed by atoms with van der Waals surface area (Å²) in [6, 6.07) is 3.29. The molecular formula is C19H25BrN2O4S. The van der Waals surface area contributed by atoms with Gasteiger partial charge in [-0.25, -0.2) is 4.79 Å². The van der Waals surface area contributed by atoms with Gasteiger partial charge >= 0.3 is 5.97 Å². The Hall–Kier alpha value is -1.80. The van der Waals surface area contributed by atoms with E-state index in [1.807, 2.05) is 12.1 Å². The number of methoxy groups -OCH3 is 1. The third-order valence-electron chi connectivity index (χ3n) is 3.91. The highest BCUT2D eigenvalue weighted by Crippen LogP contribution is 2.40. The van der Waals surface area contributed by atoms with Crippen LogP contribution in [0, 0.1) is 5.92 Å². The van der Waals surface area contributed by atoms with Crippen LogP contribution in [-0.2, 0) is 9.53 Å². The minimum Gasteiger partial charge on any atom is -0.493 e. The number of benzene rings is 1. The van der Waals surface area contributed by atoms with E-state index in [2.05, 4.69) is 40.4 Å². The first-order valence-electron chi connectivity index (χ1n) is 8.74. The molecule has 0 aromatic heterocycles. The van der Waals surface area contributed by atoms with Gasteiger partial charge in [-0.05, 0) is 65.6 Å². The van der Waals surface area contributed by atoms with Crippen LogP contribution in [-0.4, -0.2) is 31.4 Å². The van der Waals surface area contributed by atoms with Crippen LogP contribution in [0.15, 0.2) is 27.9 Å². The van der Waals surface area contributed by atoms with Crippen molar-refractivity contribution < 1.29 is 19.0 Å². The van der Waals surface area contributed by atoms with Gasteiger partial charge in [0, 0.05) is 5.70 Å². The zero-order chi connectivity index (χ0) is 20.1. The minimum absolute atomic E-state index is 0.293. The summed E-state index contributed by atoms with van der Waals surface area (Å²) in [5.41, 5.74) is 1.95. The van der Waals surface area contributed by atoms with E-state index in [1.54, 1.807) is 21.0 Å². The van der Waals surface area contributed by atoms with Gasteiger partial charge < -0.3 is 24.8 Å². The van der Waals surface area contributed by atoms with E-state index in [0.717, 1.165) is 10.0 Å². The summed E-state index contributed by atoms with van der Waals surface area (Å²) < 4.78 is 17.4. The quantitative estimate of drug-likeness (QED) is 0.476. The van der Waals surface area contributed by atoms with Gasteiger partial charge in [0.1, 0.15) is 0 Å². The first kappa shape index (κ1) is 21.5. The Labute approximate surface area is 173 Å². The van der Waals surface area contributed by atoms with Crippen molar-refractivity contribution in [1.29, 1.82) is 0 Å². The molecule has 1 atom stereocenters. The van der Waals surface area contributed by atoms with Gasteiger partial charge in [-0.3, -0.25) is 0 Å². The Balaban J connectivity index is 2.48. The van der Waals surface area contributed by atoms with Crippen molar-refractivity contribution >= 4 is 39.2 Å². The molecule has 1 aliphatic rings. The van der Waals surface area contributed by atoms with Crippen LogP contribution in [0.5, 0.6) is 11.5 Å². The third kappa shape index (κ3) is 5.13. The molecule has 6 nitrogen and oxygen atoms in total. The predicted molar refractivity (Wildman–Crippen MR) is 112 cm³/mol. The van der Waals surface area contributed by atoms with Gasteiger partial charge in [0.05, 0.1) is 36.4 Å². The summed E-state index contributed by atoms with van der Waals surface area (Å²) >= 11 is 8.84. The molecule has 1 aliphatic heterocycles. The van der Waals surface area contributed by atoms with E-state index in [0.29, 0.717) is 47.0 Å². The summed E-state index contributed by atoms with van der Waals surface area (Å²) in [5.74, 6) is 1.19. The molecular weight excluding hydrogens is 432 g/mol. The monoisotopic (exact) mass is 456 g/mol. The second-order valence-electron chi connectivity index (χ2n) is 6.53. The molecule has 2 N–H and O–H groups in total. The Bertz CT molecular complexity index is 764. The number of esters is 1. The number of thiocarbonyl (C=S) groups is 1. The zero-order valence-corrected chi connectivity index (χ0v) is 18.5. The molecule has 1 heterocycles. The molecule has 27 heavy (non-hydrogen) atoms. The lowest BCUT2D eigenvalue weighted by molar-refractivity contribution is -0.139. The average Bonchev–Trinajstić information content (AvgIpc) is 2.59. The van der Waals surface area contributed by atoms with Crippen molar-refractivity contribution in [2.75, 3.05) is 20.3 Å². The lowest BCUT2D eigenvalue weighted by atomic mass is 9.95. The van der Waals surface area contributed by atoms with Gasteiger partial charge in [0.2, 0.25) is 0 Å². The highest BCUT2D eigenvalue weighted by Gasteiger charge is 2.32. The van der Waals surface area contributed by atoms with Crippen molar-refractivity contribution in [3.63, 3.8) is 0 Å². The fraction of sp³-hybridized carbons (Fsp3) is 0.474. The van der Waals surface area contributed by atoms with Crippen molar-refractivity contribution in [1.82, 2.24) is 10.6 Å². The molecule has 0 spiro atoms. The molecule has 0 radical (unpaired) electrons. The Morgan fingerprint density at radius 2 is 2.07 bits per heavy atom. The molecule has 0 bridgehead atoms. The molecule has 1 unspecified atom stereocenters. The van der Waals surface area contributed by atoms with Crippen LogP contribution >= 0.6 is 28.1 Å². The van der Waals surface area contributed by atoms with E-state index in [9.17, 15) is 4.79 Å². The van der Waals surface area contributed by atoms with Crippen LogP contribution < -0.4 is 20.1 Å². The van der Waals surface area contributed by atoms with Gasteiger partial charge in [0.15, 0.2) is 16.6 Å². The van der Waals surface area contributed by atoms with E-state index in [1.165, 1.54) is 0 Å². The predicted octanol–water partition coefficient (Wildman–Crippen LogP) is 3.85. The Morgan fingerprint density at radius 1 is 1.37 bits per heavy atom. The molecule has 2 rings (SSSR count). The molecule has 0 amide bonds. The topological polar surface area (TPSA) is 68.8 Å². The molecule has 1 aromatic carbocycles. The van der Waals surface area contributed by atoms with Gasteiger partial charge in [-0.15, -0.1) is 0 Å². The minimum atomic E-state index is -0.456. The van der Waals surface area contributed by atoms with Gasteiger partial charge in [-0.1, -0.05) is 13.8 Å². The first-order chi connectivity index (χ1) is 12.8. The SMILES string of the molecule is CCOC(=O)C1=C(C)NC(=S)NC1c1cc(Br)c(OCC(C)C)c(OC)c1. The molecule has 8 heteroatoms. The number of ether oxygens (including phenoxy) is 3. The van der Waals surface area contributed by atoms with E-state index < -0.39 is 12.0 Å². The highest BCUT2D eigenvalue weighted by atomic mass is 79.9. The van der Waals surface area contributed by atoms with E-state index >= 15 is 0 Å². The van der Waals surface area contributed by atoms with Gasteiger partial charge in [-0.2, -0.15) is 0 Å². The van der Waals surface area contributed by atoms with Crippen molar-refractivity contribution in [2.24, 2.45) is 5.92 Å². The summed E-state index contributed by atoms with van der Waals surface area (Å²) in [6.07, 6.45) is 0. The van der Waals surface area contributed by atoms with Crippen molar-refractivity contribution in [3.05, 3.63) is 33.4 Å². The zero-order valence-electron chi connectivity index (χ0n) is 16.1. The fourth-order valence-corrected chi connectivity index (χ4v) is 3.56. The number of nitrogens with one attached hydrogen (secondary N) is 2. The van der Waals surface area contributed by atoms with Crippen molar-refractivity contribution in [3.8, 4) is 11.5 Å². The van der Waals surface area contributed by atoms with Gasteiger partial charge in [0.25, 0.3) is 0 Å². The van der Waals surface area contributed by atoms with Crippen LogP contribution in [0.25, 0.3) is 0 Å². The smallest absolute Gasteiger partial charge is 0.338 e. The molecule has 148 valence electrons. The number of rotatable bonds is 7. The highest BCUT2D eigenvalue weighted by molar-refractivity contribution is 9.10. The normalized spacial score (nSPS) is 16.7. The second kappa shape index (κ2) is 9.41. The van der Waals surface area contributed by atoms with Crippen LogP contribution in [0.2, 0.25) is 0 Å². The Morgan fingerprint density at radius 3 is 2.67 bits per heavy atom. The third-order valence-corrected chi connectivity index (χ3v) is 4.72.